The number of esters is 2. The highest BCUT2D eigenvalue weighted by molar-refractivity contribution is 6.31. The van der Waals surface area contributed by atoms with E-state index < -0.39 is 11.9 Å². The van der Waals surface area contributed by atoms with Crippen LogP contribution < -0.4 is 4.74 Å². The molecular formula is C15H10Cl2O4. The van der Waals surface area contributed by atoms with E-state index in [4.69, 9.17) is 27.9 Å². The van der Waals surface area contributed by atoms with E-state index in [1.165, 1.54) is 37.4 Å². The smallest absolute Gasteiger partial charge is 0.343 e. The van der Waals surface area contributed by atoms with Crippen molar-refractivity contribution in [3.05, 3.63) is 63.6 Å². The van der Waals surface area contributed by atoms with Crippen LogP contribution in [0.25, 0.3) is 0 Å². The molecule has 21 heavy (non-hydrogen) atoms. The van der Waals surface area contributed by atoms with Gasteiger partial charge < -0.3 is 9.47 Å². The monoisotopic (exact) mass is 324 g/mol. The van der Waals surface area contributed by atoms with Crippen molar-refractivity contribution in [3.63, 3.8) is 0 Å². The summed E-state index contributed by atoms with van der Waals surface area (Å²) in [5.41, 5.74) is 0.387. The molecule has 0 fully saturated rings. The fraction of sp³-hybridized carbons (Fsp3) is 0.0667. The third kappa shape index (κ3) is 3.74. The Morgan fingerprint density at radius 2 is 1.52 bits per heavy atom. The van der Waals surface area contributed by atoms with Gasteiger partial charge in [0.1, 0.15) is 11.3 Å². The lowest BCUT2D eigenvalue weighted by molar-refractivity contribution is 0.0593. The van der Waals surface area contributed by atoms with Gasteiger partial charge in [-0.15, -0.1) is 0 Å². The second kappa shape index (κ2) is 6.61. The standard InChI is InChI=1S/C15H10Cl2O4/c1-20-15(19)12-8-11(17)6-7-13(12)21-14(18)9-2-4-10(16)5-3-9/h2-8H,1H3. The van der Waals surface area contributed by atoms with Crippen molar-refractivity contribution in [2.75, 3.05) is 7.11 Å². The van der Waals surface area contributed by atoms with Gasteiger partial charge in [0.15, 0.2) is 0 Å². The molecule has 0 heterocycles. The Morgan fingerprint density at radius 3 is 2.14 bits per heavy atom. The summed E-state index contributed by atoms with van der Waals surface area (Å²) in [5.74, 6) is -1.18. The summed E-state index contributed by atoms with van der Waals surface area (Å²) in [6.07, 6.45) is 0. The van der Waals surface area contributed by atoms with Crippen molar-refractivity contribution < 1.29 is 19.1 Å². The minimum Gasteiger partial charge on any atom is -0.465 e. The molecule has 0 aliphatic carbocycles. The van der Waals surface area contributed by atoms with Gasteiger partial charge in [0.25, 0.3) is 0 Å². The van der Waals surface area contributed by atoms with Crippen molar-refractivity contribution in [2.24, 2.45) is 0 Å². The average molecular weight is 325 g/mol. The van der Waals surface area contributed by atoms with Crippen LogP contribution in [0.2, 0.25) is 10.0 Å². The zero-order valence-electron chi connectivity index (χ0n) is 10.9. The molecule has 0 atom stereocenters. The SMILES string of the molecule is COC(=O)c1cc(Cl)ccc1OC(=O)c1ccc(Cl)cc1. The predicted octanol–water partition coefficient (Wildman–Crippen LogP) is 4.00. The van der Waals surface area contributed by atoms with E-state index in [2.05, 4.69) is 4.74 Å². The quantitative estimate of drug-likeness (QED) is 0.632. The summed E-state index contributed by atoms with van der Waals surface area (Å²) < 4.78 is 9.84. The molecule has 0 unspecified atom stereocenters. The normalized spacial score (nSPS) is 10.0. The molecular weight excluding hydrogens is 315 g/mol. The molecule has 0 spiro atoms. The number of carbonyl (C=O) groups is 2. The Labute approximate surface area is 131 Å². The first-order valence-corrected chi connectivity index (χ1v) is 6.62. The topological polar surface area (TPSA) is 52.6 Å². The highest BCUT2D eigenvalue weighted by atomic mass is 35.5. The molecule has 0 saturated heterocycles. The minimum atomic E-state index is -0.642. The van der Waals surface area contributed by atoms with Gasteiger partial charge in [-0.25, -0.2) is 9.59 Å². The van der Waals surface area contributed by atoms with Gasteiger partial charge in [-0.3, -0.25) is 0 Å². The third-order valence-electron chi connectivity index (χ3n) is 2.63. The van der Waals surface area contributed by atoms with Crippen molar-refractivity contribution in [2.45, 2.75) is 0 Å². The molecule has 0 aliphatic heterocycles. The number of methoxy groups -OCH3 is 1. The van der Waals surface area contributed by atoms with Crippen molar-refractivity contribution in [3.8, 4) is 5.75 Å². The molecule has 2 aromatic rings. The van der Waals surface area contributed by atoms with Crippen LogP contribution in [0.4, 0.5) is 0 Å². The minimum absolute atomic E-state index is 0.0752. The van der Waals surface area contributed by atoms with Crippen molar-refractivity contribution >= 4 is 35.1 Å². The van der Waals surface area contributed by atoms with Crippen LogP contribution in [-0.2, 0) is 4.74 Å². The Morgan fingerprint density at radius 1 is 0.905 bits per heavy atom. The van der Waals surface area contributed by atoms with Crippen LogP contribution in [0.5, 0.6) is 5.75 Å². The summed E-state index contributed by atoms with van der Waals surface area (Å²) in [7, 11) is 1.23. The first-order chi connectivity index (χ1) is 10.0. The van der Waals surface area contributed by atoms with E-state index >= 15 is 0 Å². The second-order valence-corrected chi connectivity index (χ2v) is 4.90. The molecule has 108 valence electrons. The fourth-order valence-corrected chi connectivity index (χ4v) is 1.90. The molecule has 0 amide bonds. The zero-order valence-corrected chi connectivity index (χ0v) is 12.4. The van der Waals surface area contributed by atoms with Gasteiger partial charge in [-0.05, 0) is 42.5 Å². The molecule has 0 bridgehead atoms. The third-order valence-corrected chi connectivity index (χ3v) is 3.12. The van der Waals surface area contributed by atoms with Gasteiger partial charge in [0, 0.05) is 10.0 Å². The highest BCUT2D eigenvalue weighted by Gasteiger charge is 2.17. The molecule has 2 aromatic carbocycles. The summed E-state index contributed by atoms with van der Waals surface area (Å²) in [6.45, 7) is 0. The number of hydrogen-bond donors (Lipinski definition) is 0. The maximum Gasteiger partial charge on any atom is 0.343 e. The zero-order chi connectivity index (χ0) is 15.4. The van der Waals surface area contributed by atoms with E-state index in [-0.39, 0.29) is 11.3 Å². The summed E-state index contributed by atoms with van der Waals surface area (Å²) in [4.78, 5) is 23.7. The van der Waals surface area contributed by atoms with Gasteiger partial charge >= 0.3 is 11.9 Å². The highest BCUT2D eigenvalue weighted by Crippen LogP contribution is 2.24. The Kier molecular flexibility index (Phi) is 4.83. The van der Waals surface area contributed by atoms with Crippen LogP contribution >= 0.6 is 23.2 Å². The van der Waals surface area contributed by atoms with Gasteiger partial charge in [0.05, 0.1) is 12.7 Å². The number of ether oxygens (including phenoxy) is 2. The number of hydrogen-bond acceptors (Lipinski definition) is 4. The Bertz CT molecular complexity index is 681. The fourth-order valence-electron chi connectivity index (χ4n) is 1.61. The average Bonchev–Trinajstić information content (AvgIpc) is 2.48. The lowest BCUT2D eigenvalue weighted by atomic mass is 10.2. The van der Waals surface area contributed by atoms with Crippen molar-refractivity contribution in [1.29, 1.82) is 0 Å². The van der Waals surface area contributed by atoms with E-state index in [1.807, 2.05) is 0 Å². The predicted molar refractivity (Wildman–Crippen MR) is 79.2 cm³/mol. The van der Waals surface area contributed by atoms with E-state index in [1.54, 1.807) is 12.1 Å². The number of carbonyl (C=O) groups excluding carboxylic acids is 2. The molecule has 0 aliphatic rings. The summed E-state index contributed by atoms with van der Waals surface area (Å²) in [6, 6.07) is 10.5. The molecule has 2 rings (SSSR count). The van der Waals surface area contributed by atoms with E-state index in [0.29, 0.717) is 15.6 Å². The van der Waals surface area contributed by atoms with Crippen LogP contribution in [-0.4, -0.2) is 19.0 Å². The molecule has 6 heteroatoms. The lowest BCUT2D eigenvalue weighted by Gasteiger charge is -2.09. The summed E-state index contributed by atoms with van der Waals surface area (Å²) >= 11 is 11.6. The van der Waals surface area contributed by atoms with Crippen molar-refractivity contribution in [1.82, 2.24) is 0 Å². The maximum atomic E-state index is 12.0. The van der Waals surface area contributed by atoms with Gasteiger partial charge in [-0.2, -0.15) is 0 Å². The van der Waals surface area contributed by atoms with E-state index in [9.17, 15) is 9.59 Å². The Hall–Kier alpha value is -2.04. The summed E-state index contributed by atoms with van der Waals surface area (Å²) in [5, 5.41) is 0.843. The molecule has 0 radical (unpaired) electrons. The second-order valence-electron chi connectivity index (χ2n) is 4.03. The molecule has 0 aromatic heterocycles. The number of halogens is 2. The van der Waals surface area contributed by atoms with Crippen LogP contribution in [0.3, 0.4) is 0 Å². The van der Waals surface area contributed by atoms with Gasteiger partial charge in [-0.1, -0.05) is 23.2 Å². The van der Waals surface area contributed by atoms with E-state index in [0.717, 1.165) is 0 Å². The van der Waals surface area contributed by atoms with Gasteiger partial charge in [0.2, 0.25) is 0 Å². The lowest BCUT2D eigenvalue weighted by Crippen LogP contribution is -2.12. The number of benzene rings is 2. The largest absolute Gasteiger partial charge is 0.465 e. The maximum absolute atomic E-state index is 12.0. The Balaban J connectivity index is 2.28. The first-order valence-electron chi connectivity index (χ1n) is 5.87. The molecule has 0 saturated carbocycles. The molecule has 4 nitrogen and oxygen atoms in total. The van der Waals surface area contributed by atoms with Crippen LogP contribution in [0, 0.1) is 0 Å². The first kappa shape index (κ1) is 15.4. The van der Waals surface area contributed by atoms with Crippen LogP contribution in [0.15, 0.2) is 42.5 Å². The number of rotatable bonds is 3. The molecule has 0 N–H and O–H groups in total. The van der Waals surface area contributed by atoms with Crippen LogP contribution in [0.1, 0.15) is 20.7 Å².